The number of benzene rings is 2. The first-order valence-corrected chi connectivity index (χ1v) is 10.3. The molecule has 1 amide bonds. The van der Waals surface area contributed by atoms with Crippen LogP contribution in [0.25, 0.3) is 15.9 Å². The van der Waals surface area contributed by atoms with Crippen LogP contribution in [-0.2, 0) is 0 Å². The van der Waals surface area contributed by atoms with Gasteiger partial charge < -0.3 is 4.90 Å². The molecule has 0 unspecified atom stereocenters. The molecule has 28 heavy (non-hydrogen) atoms. The average molecular weight is 389 g/mol. The molecule has 1 fully saturated rings. The van der Waals surface area contributed by atoms with Crippen LogP contribution in [-0.4, -0.2) is 37.3 Å². The second kappa shape index (κ2) is 7.16. The van der Waals surface area contributed by atoms with E-state index in [1.54, 1.807) is 17.5 Å². The van der Waals surface area contributed by atoms with E-state index in [0.717, 1.165) is 46.7 Å². The van der Waals surface area contributed by atoms with E-state index in [-0.39, 0.29) is 11.9 Å². The van der Waals surface area contributed by atoms with Gasteiger partial charge in [0.2, 0.25) is 0 Å². The summed E-state index contributed by atoms with van der Waals surface area (Å²) in [7, 11) is 0. The third-order valence-corrected chi connectivity index (χ3v) is 6.19. The van der Waals surface area contributed by atoms with Crippen LogP contribution in [0.2, 0.25) is 0 Å². The van der Waals surface area contributed by atoms with E-state index in [9.17, 15) is 4.79 Å². The molecule has 0 bridgehead atoms. The lowest BCUT2D eigenvalue weighted by Crippen LogP contribution is -2.38. The molecule has 0 aliphatic carbocycles. The molecule has 3 heterocycles. The van der Waals surface area contributed by atoms with E-state index in [4.69, 9.17) is 4.98 Å². The molecule has 1 saturated heterocycles. The van der Waals surface area contributed by atoms with Crippen LogP contribution in [0.4, 0.5) is 0 Å². The van der Waals surface area contributed by atoms with Crippen molar-refractivity contribution in [2.24, 2.45) is 0 Å². The highest BCUT2D eigenvalue weighted by atomic mass is 32.1. The lowest BCUT2D eigenvalue weighted by Gasteiger charge is -2.33. The fraction of sp³-hybridized carbons (Fsp3) is 0.238. The molecule has 2 aromatic carbocycles. The Balaban J connectivity index is 1.45. The largest absolute Gasteiger partial charge is 0.328 e. The third kappa shape index (κ3) is 3.07. The summed E-state index contributed by atoms with van der Waals surface area (Å²) < 4.78 is 1.16. The van der Waals surface area contributed by atoms with E-state index < -0.39 is 0 Å². The third-order valence-electron chi connectivity index (χ3n) is 5.06. The summed E-state index contributed by atoms with van der Waals surface area (Å²) >= 11 is 1.68. The Labute approximate surface area is 166 Å². The number of para-hydroxylation sites is 2. The minimum Gasteiger partial charge on any atom is -0.328 e. The molecule has 5 rings (SSSR count). The van der Waals surface area contributed by atoms with Crippen LogP contribution in [0, 0.1) is 0 Å². The monoisotopic (exact) mass is 389 g/mol. The topological polar surface area (TPSA) is 63.9 Å². The predicted molar refractivity (Wildman–Crippen MR) is 109 cm³/mol. The van der Waals surface area contributed by atoms with Gasteiger partial charge in [-0.2, -0.15) is 9.90 Å². The van der Waals surface area contributed by atoms with Gasteiger partial charge >= 0.3 is 0 Å². The molecular weight excluding hydrogens is 370 g/mol. The summed E-state index contributed by atoms with van der Waals surface area (Å²) in [5, 5.41) is 9.71. The molecule has 7 heteroatoms. The highest BCUT2D eigenvalue weighted by Gasteiger charge is 2.32. The van der Waals surface area contributed by atoms with E-state index in [1.165, 1.54) is 4.80 Å². The number of amides is 1. The summed E-state index contributed by atoms with van der Waals surface area (Å²) in [4.78, 5) is 21.5. The summed E-state index contributed by atoms with van der Waals surface area (Å²) in [5.74, 6) is -0.0777. The second-order valence-corrected chi connectivity index (χ2v) is 7.95. The molecule has 6 nitrogen and oxygen atoms in total. The van der Waals surface area contributed by atoms with Crippen molar-refractivity contribution in [3.8, 4) is 5.69 Å². The van der Waals surface area contributed by atoms with E-state index in [0.29, 0.717) is 5.69 Å². The van der Waals surface area contributed by atoms with Gasteiger partial charge in [-0.15, -0.1) is 16.4 Å². The van der Waals surface area contributed by atoms with Crippen molar-refractivity contribution in [3.63, 3.8) is 0 Å². The molecule has 1 atom stereocenters. The Morgan fingerprint density at radius 2 is 1.86 bits per heavy atom. The highest BCUT2D eigenvalue weighted by Crippen LogP contribution is 2.36. The molecule has 2 aromatic heterocycles. The van der Waals surface area contributed by atoms with Crippen molar-refractivity contribution in [2.45, 2.75) is 25.3 Å². The average Bonchev–Trinajstić information content (AvgIpc) is 3.41. The number of aromatic nitrogens is 4. The fourth-order valence-electron chi connectivity index (χ4n) is 3.66. The van der Waals surface area contributed by atoms with Crippen molar-refractivity contribution in [3.05, 3.63) is 71.5 Å². The zero-order valence-electron chi connectivity index (χ0n) is 15.2. The van der Waals surface area contributed by atoms with Crippen LogP contribution in [0.3, 0.4) is 0 Å². The zero-order valence-corrected chi connectivity index (χ0v) is 16.0. The van der Waals surface area contributed by atoms with Crippen LogP contribution in [0.15, 0.2) is 60.8 Å². The quantitative estimate of drug-likeness (QED) is 0.526. The number of hydrogen-bond donors (Lipinski definition) is 0. The standard InChI is InChI=1S/C21H19N5OS/c27-21(17-14-22-26(24-17)15-8-2-1-3-9-15)25-13-7-6-11-18(25)20-23-16-10-4-5-12-19(16)28-20/h1-5,8-10,12,14,18H,6-7,11,13H2/t18-/m1/s1. The second-order valence-electron chi connectivity index (χ2n) is 6.88. The van der Waals surface area contributed by atoms with Crippen molar-refractivity contribution in [1.29, 1.82) is 0 Å². The number of fused-ring (bicyclic) bond motifs is 1. The molecule has 4 aromatic rings. The Hall–Kier alpha value is -3.06. The number of thiazole rings is 1. The predicted octanol–water partition coefficient (Wildman–Crippen LogP) is 4.24. The van der Waals surface area contributed by atoms with Gasteiger partial charge in [0.25, 0.3) is 5.91 Å². The van der Waals surface area contributed by atoms with Crippen molar-refractivity contribution in [2.75, 3.05) is 6.54 Å². The Morgan fingerprint density at radius 3 is 2.71 bits per heavy atom. The van der Waals surface area contributed by atoms with Gasteiger partial charge in [-0.25, -0.2) is 4.98 Å². The summed E-state index contributed by atoms with van der Waals surface area (Å²) in [5.41, 5.74) is 2.20. The first kappa shape index (κ1) is 17.1. The summed E-state index contributed by atoms with van der Waals surface area (Å²) in [6.07, 6.45) is 4.58. The Bertz CT molecular complexity index is 1090. The molecular formula is C21H19N5OS. The highest BCUT2D eigenvalue weighted by molar-refractivity contribution is 7.18. The SMILES string of the molecule is O=C(c1cnn(-c2ccccc2)n1)N1CCCC[C@@H]1c1nc2ccccc2s1. The molecule has 1 aliphatic rings. The number of nitrogens with zero attached hydrogens (tertiary/aromatic N) is 5. The van der Waals surface area contributed by atoms with Crippen LogP contribution < -0.4 is 0 Å². The maximum Gasteiger partial charge on any atom is 0.276 e. The van der Waals surface area contributed by atoms with Gasteiger partial charge in [0.1, 0.15) is 5.01 Å². The Kier molecular flexibility index (Phi) is 4.37. The number of piperidine rings is 1. The molecule has 0 N–H and O–H groups in total. The van der Waals surface area contributed by atoms with Crippen molar-refractivity contribution >= 4 is 27.5 Å². The molecule has 0 saturated carbocycles. The summed E-state index contributed by atoms with van der Waals surface area (Å²) in [6.45, 7) is 0.720. The van der Waals surface area contributed by atoms with Gasteiger partial charge in [-0.1, -0.05) is 30.3 Å². The van der Waals surface area contributed by atoms with Gasteiger partial charge in [0, 0.05) is 6.54 Å². The molecule has 140 valence electrons. The number of likely N-dealkylation sites (tertiary alicyclic amines) is 1. The number of carbonyl (C=O) groups is 1. The maximum absolute atomic E-state index is 13.2. The molecule has 0 radical (unpaired) electrons. The van der Waals surface area contributed by atoms with Crippen molar-refractivity contribution in [1.82, 2.24) is 24.9 Å². The lowest BCUT2D eigenvalue weighted by molar-refractivity contribution is 0.0605. The normalized spacial score (nSPS) is 17.1. The Morgan fingerprint density at radius 1 is 1.04 bits per heavy atom. The van der Waals surface area contributed by atoms with Crippen LogP contribution >= 0.6 is 11.3 Å². The maximum atomic E-state index is 13.2. The molecule has 0 spiro atoms. The number of carbonyl (C=O) groups excluding carboxylic acids is 1. The van der Waals surface area contributed by atoms with Crippen LogP contribution in [0.1, 0.15) is 40.8 Å². The minimum atomic E-state index is -0.0777. The van der Waals surface area contributed by atoms with E-state index in [2.05, 4.69) is 16.3 Å². The lowest BCUT2D eigenvalue weighted by atomic mass is 10.0. The van der Waals surface area contributed by atoms with Crippen molar-refractivity contribution < 1.29 is 4.79 Å². The first-order chi connectivity index (χ1) is 13.8. The number of hydrogen-bond acceptors (Lipinski definition) is 5. The zero-order chi connectivity index (χ0) is 18.9. The number of rotatable bonds is 3. The first-order valence-electron chi connectivity index (χ1n) is 9.44. The van der Waals surface area contributed by atoms with Gasteiger partial charge in [0.15, 0.2) is 5.69 Å². The minimum absolute atomic E-state index is 0.000486. The summed E-state index contributed by atoms with van der Waals surface area (Å²) in [6, 6.07) is 17.7. The van der Waals surface area contributed by atoms with E-state index in [1.807, 2.05) is 53.4 Å². The van der Waals surface area contributed by atoms with Gasteiger partial charge in [-0.05, 0) is 43.5 Å². The fourth-order valence-corrected chi connectivity index (χ4v) is 4.77. The molecule has 1 aliphatic heterocycles. The van der Waals surface area contributed by atoms with Gasteiger partial charge in [-0.3, -0.25) is 4.79 Å². The smallest absolute Gasteiger partial charge is 0.276 e. The van der Waals surface area contributed by atoms with Gasteiger partial charge in [0.05, 0.1) is 28.1 Å². The van der Waals surface area contributed by atoms with E-state index >= 15 is 0 Å². The van der Waals surface area contributed by atoms with Crippen LogP contribution in [0.5, 0.6) is 0 Å².